The highest BCUT2D eigenvalue weighted by Crippen LogP contribution is 2.11. The minimum Gasteiger partial charge on any atom is -0.348 e. The summed E-state index contributed by atoms with van der Waals surface area (Å²) in [5, 5.41) is 3.61. The van der Waals surface area contributed by atoms with Gasteiger partial charge in [0.25, 0.3) is 0 Å². The quantitative estimate of drug-likeness (QED) is 0.823. The van der Waals surface area contributed by atoms with Gasteiger partial charge in [-0.15, -0.1) is 0 Å². The summed E-state index contributed by atoms with van der Waals surface area (Å²) >= 11 is 11.3. The van der Waals surface area contributed by atoms with Crippen molar-refractivity contribution in [1.82, 2.24) is 5.32 Å². The number of rotatable bonds is 4. The molecule has 0 aromatic heterocycles. The van der Waals surface area contributed by atoms with Crippen molar-refractivity contribution in [3.63, 3.8) is 0 Å². The highest BCUT2D eigenvalue weighted by Gasteiger charge is 1.95. The van der Waals surface area contributed by atoms with Crippen molar-refractivity contribution < 1.29 is 4.79 Å². The fraction of sp³-hybridized carbons (Fsp3) is 0.0833. The molecule has 1 rings (SSSR count). The van der Waals surface area contributed by atoms with Crippen LogP contribution in [0.4, 0.5) is 0 Å². The maximum absolute atomic E-state index is 11.3. The lowest BCUT2D eigenvalue weighted by atomic mass is 10.2. The Kier molecular flexibility index (Phi) is 5.09. The molecule has 1 amide bonds. The van der Waals surface area contributed by atoms with E-state index < -0.39 is 0 Å². The molecule has 0 bridgehead atoms. The van der Waals surface area contributed by atoms with E-state index in [2.05, 4.69) is 11.9 Å². The molecule has 1 aromatic rings. The van der Waals surface area contributed by atoms with Gasteiger partial charge in [-0.05, 0) is 23.8 Å². The fourth-order valence-electron chi connectivity index (χ4n) is 1.02. The van der Waals surface area contributed by atoms with Gasteiger partial charge in [0.15, 0.2) is 0 Å². The Labute approximate surface area is 105 Å². The van der Waals surface area contributed by atoms with E-state index in [0.717, 1.165) is 5.56 Å². The van der Waals surface area contributed by atoms with Gasteiger partial charge in [0, 0.05) is 16.1 Å². The van der Waals surface area contributed by atoms with E-state index in [0.29, 0.717) is 10.1 Å². The molecule has 16 heavy (non-hydrogen) atoms. The summed E-state index contributed by atoms with van der Waals surface area (Å²) in [5.41, 5.74) is 0.868. The second-order valence-electron chi connectivity index (χ2n) is 3.12. The zero-order chi connectivity index (χ0) is 12.0. The zero-order valence-electron chi connectivity index (χ0n) is 8.54. The van der Waals surface area contributed by atoms with Gasteiger partial charge < -0.3 is 5.32 Å². The van der Waals surface area contributed by atoms with Gasteiger partial charge >= 0.3 is 0 Å². The maximum Gasteiger partial charge on any atom is 0.244 e. The molecule has 0 heterocycles. The number of halogens is 2. The van der Waals surface area contributed by atoms with Gasteiger partial charge in [0.2, 0.25) is 5.91 Å². The van der Waals surface area contributed by atoms with E-state index in [1.54, 1.807) is 18.2 Å². The van der Waals surface area contributed by atoms with Crippen molar-refractivity contribution in [2.75, 3.05) is 6.54 Å². The molecule has 0 aliphatic rings. The van der Waals surface area contributed by atoms with Crippen molar-refractivity contribution >= 4 is 35.2 Å². The first-order chi connectivity index (χ1) is 7.58. The van der Waals surface area contributed by atoms with Crippen molar-refractivity contribution in [2.45, 2.75) is 0 Å². The Hall–Kier alpha value is -1.25. The lowest BCUT2D eigenvalue weighted by Crippen LogP contribution is -2.21. The average Bonchev–Trinajstić information content (AvgIpc) is 2.23. The molecule has 0 aliphatic carbocycles. The zero-order valence-corrected chi connectivity index (χ0v) is 10.1. The molecular weight excluding hydrogens is 245 g/mol. The van der Waals surface area contributed by atoms with Crippen LogP contribution in [0.5, 0.6) is 0 Å². The molecule has 0 radical (unpaired) electrons. The molecule has 0 atom stereocenters. The maximum atomic E-state index is 11.3. The second kappa shape index (κ2) is 6.36. The monoisotopic (exact) mass is 255 g/mol. The SMILES string of the molecule is C=C(Cl)CNC(=O)/C=C/c1cccc(Cl)c1. The molecule has 1 N–H and O–H groups in total. The molecule has 1 aromatic carbocycles. The molecule has 0 saturated heterocycles. The molecule has 4 heteroatoms. The van der Waals surface area contributed by atoms with Crippen LogP contribution in [0.3, 0.4) is 0 Å². The third-order valence-corrected chi connectivity index (χ3v) is 2.10. The fourth-order valence-corrected chi connectivity index (χ4v) is 1.29. The molecule has 0 unspecified atom stereocenters. The highest BCUT2D eigenvalue weighted by atomic mass is 35.5. The highest BCUT2D eigenvalue weighted by molar-refractivity contribution is 6.30. The van der Waals surface area contributed by atoms with Gasteiger partial charge in [-0.1, -0.05) is 41.9 Å². The molecule has 0 aliphatic heterocycles. The van der Waals surface area contributed by atoms with Crippen molar-refractivity contribution in [2.24, 2.45) is 0 Å². The van der Waals surface area contributed by atoms with Crippen LogP contribution in [0.25, 0.3) is 6.08 Å². The van der Waals surface area contributed by atoms with Crippen LogP contribution in [0, 0.1) is 0 Å². The van der Waals surface area contributed by atoms with Crippen molar-refractivity contribution in [3.8, 4) is 0 Å². The minimum absolute atomic E-state index is 0.221. The third-order valence-electron chi connectivity index (χ3n) is 1.73. The Morgan fingerprint density at radius 1 is 1.50 bits per heavy atom. The predicted molar refractivity (Wildman–Crippen MR) is 68.5 cm³/mol. The Morgan fingerprint density at radius 3 is 2.88 bits per heavy atom. The van der Waals surface area contributed by atoms with Gasteiger partial charge in [0.05, 0.1) is 6.54 Å². The normalized spacial score (nSPS) is 10.4. The van der Waals surface area contributed by atoms with E-state index in [9.17, 15) is 4.79 Å². The topological polar surface area (TPSA) is 29.1 Å². The summed E-state index contributed by atoms with van der Waals surface area (Å²) in [6.45, 7) is 3.73. The van der Waals surface area contributed by atoms with E-state index in [-0.39, 0.29) is 12.5 Å². The summed E-state index contributed by atoms with van der Waals surface area (Å²) in [4.78, 5) is 11.3. The number of carbonyl (C=O) groups is 1. The number of benzene rings is 1. The number of carbonyl (C=O) groups excluding carboxylic acids is 1. The smallest absolute Gasteiger partial charge is 0.244 e. The Bertz CT molecular complexity index is 427. The van der Waals surface area contributed by atoms with Gasteiger partial charge in [0.1, 0.15) is 0 Å². The summed E-state index contributed by atoms with van der Waals surface area (Å²) in [5.74, 6) is -0.221. The van der Waals surface area contributed by atoms with Crippen LogP contribution in [0.2, 0.25) is 5.02 Å². The van der Waals surface area contributed by atoms with Crippen LogP contribution in [0.15, 0.2) is 42.0 Å². The Balaban J connectivity index is 2.53. The molecule has 2 nitrogen and oxygen atoms in total. The van der Waals surface area contributed by atoms with Crippen LogP contribution < -0.4 is 5.32 Å². The third kappa shape index (κ3) is 5.01. The second-order valence-corrected chi connectivity index (χ2v) is 4.09. The molecule has 0 fully saturated rings. The summed E-state index contributed by atoms with van der Waals surface area (Å²) in [6.07, 6.45) is 3.10. The summed E-state index contributed by atoms with van der Waals surface area (Å²) < 4.78 is 0. The first kappa shape index (κ1) is 12.8. The molecule has 84 valence electrons. The number of amides is 1. The van der Waals surface area contributed by atoms with Crippen LogP contribution >= 0.6 is 23.2 Å². The number of hydrogen-bond acceptors (Lipinski definition) is 1. The van der Waals surface area contributed by atoms with Crippen LogP contribution in [0.1, 0.15) is 5.56 Å². The first-order valence-corrected chi connectivity index (χ1v) is 5.38. The van der Waals surface area contributed by atoms with Crippen LogP contribution in [-0.2, 0) is 4.79 Å². The van der Waals surface area contributed by atoms with Gasteiger partial charge in [-0.25, -0.2) is 0 Å². The lowest BCUT2D eigenvalue weighted by Gasteiger charge is -1.98. The first-order valence-electron chi connectivity index (χ1n) is 4.62. The van der Waals surface area contributed by atoms with Gasteiger partial charge in [-0.3, -0.25) is 4.79 Å². The van der Waals surface area contributed by atoms with E-state index in [1.807, 2.05) is 12.1 Å². The minimum atomic E-state index is -0.221. The van der Waals surface area contributed by atoms with Crippen molar-refractivity contribution in [1.29, 1.82) is 0 Å². The molecular formula is C12H11Cl2NO. The number of nitrogens with one attached hydrogen (secondary N) is 1. The standard InChI is InChI=1S/C12H11Cl2NO/c1-9(13)8-15-12(16)6-5-10-3-2-4-11(14)7-10/h2-7H,1,8H2,(H,15,16)/b6-5+. The Morgan fingerprint density at radius 2 is 2.25 bits per heavy atom. The molecule has 0 saturated carbocycles. The predicted octanol–water partition coefficient (Wildman–Crippen LogP) is 3.22. The van der Waals surface area contributed by atoms with E-state index in [4.69, 9.17) is 23.2 Å². The number of hydrogen-bond donors (Lipinski definition) is 1. The van der Waals surface area contributed by atoms with Crippen molar-refractivity contribution in [3.05, 3.63) is 52.5 Å². The largest absolute Gasteiger partial charge is 0.348 e. The lowest BCUT2D eigenvalue weighted by molar-refractivity contribution is -0.116. The average molecular weight is 256 g/mol. The summed E-state index contributed by atoms with van der Waals surface area (Å²) in [7, 11) is 0. The summed E-state index contributed by atoms with van der Waals surface area (Å²) in [6, 6.07) is 7.22. The molecule has 0 spiro atoms. The van der Waals surface area contributed by atoms with E-state index >= 15 is 0 Å². The van der Waals surface area contributed by atoms with Crippen LogP contribution in [-0.4, -0.2) is 12.5 Å². The van der Waals surface area contributed by atoms with E-state index in [1.165, 1.54) is 6.08 Å². The van der Waals surface area contributed by atoms with Gasteiger partial charge in [-0.2, -0.15) is 0 Å².